The van der Waals surface area contributed by atoms with Crippen molar-refractivity contribution in [3.8, 4) is 0 Å². The standard InChI is InChI=1S/C13H23N5/c1-11(2)12-9-16-13(17-10-12)15-5-8-18-6-3-14-4-7-18/h9-11,14H,3-8H2,1-2H3,(H,15,16,17). The Kier molecular flexibility index (Phi) is 4.90. The third-order valence-corrected chi connectivity index (χ3v) is 3.26. The molecule has 2 rings (SSSR count). The number of piperazine rings is 1. The largest absolute Gasteiger partial charge is 0.353 e. The molecule has 5 nitrogen and oxygen atoms in total. The van der Waals surface area contributed by atoms with Gasteiger partial charge in [-0.2, -0.15) is 0 Å². The fourth-order valence-corrected chi connectivity index (χ4v) is 1.99. The van der Waals surface area contributed by atoms with Gasteiger partial charge in [0, 0.05) is 51.7 Å². The third-order valence-electron chi connectivity index (χ3n) is 3.26. The molecule has 0 saturated carbocycles. The van der Waals surface area contributed by atoms with Gasteiger partial charge in [0.15, 0.2) is 0 Å². The van der Waals surface area contributed by atoms with E-state index in [2.05, 4.69) is 39.3 Å². The summed E-state index contributed by atoms with van der Waals surface area (Å²) < 4.78 is 0. The van der Waals surface area contributed by atoms with Gasteiger partial charge in [-0.15, -0.1) is 0 Å². The Morgan fingerprint density at radius 1 is 1.28 bits per heavy atom. The zero-order chi connectivity index (χ0) is 12.8. The van der Waals surface area contributed by atoms with Gasteiger partial charge in [0.2, 0.25) is 5.95 Å². The van der Waals surface area contributed by atoms with Gasteiger partial charge in [-0.3, -0.25) is 4.90 Å². The lowest BCUT2D eigenvalue weighted by atomic mass is 10.1. The van der Waals surface area contributed by atoms with Crippen molar-refractivity contribution in [1.29, 1.82) is 0 Å². The smallest absolute Gasteiger partial charge is 0.222 e. The van der Waals surface area contributed by atoms with Crippen molar-refractivity contribution in [3.05, 3.63) is 18.0 Å². The van der Waals surface area contributed by atoms with Gasteiger partial charge in [-0.1, -0.05) is 13.8 Å². The molecule has 5 heteroatoms. The minimum absolute atomic E-state index is 0.486. The summed E-state index contributed by atoms with van der Waals surface area (Å²) in [5.41, 5.74) is 1.18. The number of aromatic nitrogens is 2. The summed E-state index contributed by atoms with van der Waals surface area (Å²) in [7, 11) is 0. The van der Waals surface area contributed by atoms with Gasteiger partial charge < -0.3 is 10.6 Å². The van der Waals surface area contributed by atoms with E-state index in [-0.39, 0.29) is 0 Å². The molecule has 1 aliphatic heterocycles. The van der Waals surface area contributed by atoms with E-state index in [1.807, 2.05) is 12.4 Å². The zero-order valence-corrected chi connectivity index (χ0v) is 11.3. The van der Waals surface area contributed by atoms with Crippen LogP contribution in [0.2, 0.25) is 0 Å². The van der Waals surface area contributed by atoms with Crippen molar-refractivity contribution < 1.29 is 0 Å². The summed E-state index contributed by atoms with van der Waals surface area (Å²) in [6.45, 7) is 10.7. The molecule has 0 aliphatic carbocycles. The van der Waals surface area contributed by atoms with Crippen LogP contribution in [0.3, 0.4) is 0 Å². The van der Waals surface area contributed by atoms with Crippen molar-refractivity contribution >= 4 is 5.95 Å². The molecule has 1 fully saturated rings. The maximum absolute atomic E-state index is 4.33. The van der Waals surface area contributed by atoms with Crippen LogP contribution in [0.25, 0.3) is 0 Å². The molecule has 0 amide bonds. The van der Waals surface area contributed by atoms with Crippen LogP contribution in [0.1, 0.15) is 25.3 Å². The lowest BCUT2D eigenvalue weighted by Crippen LogP contribution is -2.45. The van der Waals surface area contributed by atoms with Crippen LogP contribution >= 0.6 is 0 Å². The van der Waals surface area contributed by atoms with Crippen LogP contribution in [0, 0.1) is 0 Å². The minimum atomic E-state index is 0.486. The molecule has 2 N–H and O–H groups in total. The Labute approximate surface area is 109 Å². The highest BCUT2D eigenvalue weighted by molar-refractivity contribution is 5.25. The minimum Gasteiger partial charge on any atom is -0.353 e. The van der Waals surface area contributed by atoms with Crippen LogP contribution in [0.5, 0.6) is 0 Å². The number of hydrogen-bond donors (Lipinski definition) is 2. The number of nitrogens with zero attached hydrogens (tertiary/aromatic N) is 3. The summed E-state index contributed by atoms with van der Waals surface area (Å²) in [6, 6.07) is 0. The maximum Gasteiger partial charge on any atom is 0.222 e. The van der Waals surface area contributed by atoms with Crippen molar-refractivity contribution in [1.82, 2.24) is 20.2 Å². The van der Waals surface area contributed by atoms with Crippen molar-refractivity contribution in [3.63, 3.8) is 0 Å². The summed E-state index contributed by atoms with van der Waals surface area (Å²) in [5.74, 6) is 1.22. The quantitative estimate of drug-likeness (QED) is 0.812. The first kappa shape index (κ1) is 13.2. The number of anilines is 1. The Balaban J connectivity index is 1.72. The van der Waals surface area contributed by atoms with Crippen molar-refractivity contribution in [2.75, 3.05) is 44.6 Å². The van der Waals surface area contributed by atoms with Gasteiger partial charge in [-0.25, -0.2) is 9.97 Å². The highest BCUT2D eigenvalue weighted by Crippen LogP contribution is 2.11. The van der Waals surface area contributed by atoms with Crippen LogP contribution in [0.4, 0.5) is 5.95 Å². The molecule has 100 valence electrons. The monoisotopic (exact) mass is 249 g/mol. The number of hydrogen-bond acceptors (Lipinski definition) is 5. The van der Waals surface area contributed by atoms with Crippen molar-refractivity contribution in [2.45, 2.75) is 19.8 Å². The fourth-order valence-electron chi connectivity index (χ4n) is 1.99. The van der Waals surface area contributed by atoms with Gasteiger partial charge in [0.05, 0.1) is 0 Å². The molecule has 0 atom stereocenters. The first-order valence-corrected chi connectivity index (χ1v) is 6.74. The summed E-state index contributed by atoms with van der Waals surface area (Å²) in [4.78, 5) is 11.1. The highest BCUT2D eigenvalue weighted by atomic mass is 15.2. The van der Waals surface area contributed by atoms with Gasteiger partial charge in [0.25, 0.3) is 0 Å². The first-order chi connectivity index (χ1) is 8.75. The summed E-state index contributed by atoms with van der Waals surface area (Å²) >= 11 is 0. The van der Waals surface area contributed by atoms with Crippen LogP contribution in [-0.4, -0.2) is 54.1 Å². The van der Waals surface area contributed by atoms with E-state index in [4.69, 9.17) is 0 Å². The topological polar surface area (TPSA) is 53.1 Å². The van der Waals surface area contributed by atoms with E-state index in [1.54, 1.807) is 0 Å². The van der Waals surface area contributed by atoms with E-state index in [0.717, 1.165) is 45.2 Å². The number of rotatable bonds is 5. The molecule has 0 aromatic carbocycles. The molecule has 1 aromatic heterocycles. The van der Waals surface area contributed by atoms with Crippen LogP contribution in [0.15, 0.2) is 12.4 Å². The molecule has 1 saturated heterocycles. The van der Waals surface area contributed by atoms with E-state index in [1.165, 1.54) is 5.56 Å². The van der Waals surface area contributed by atoms with E-state index in [0.29, 0.717) is 5.92 Å². The van der Waals surface area contributed by atoms with Crippen LogP contribution < -0.4 is 10.6 Å². The van der Waals surface area contributed by atoms with Gasteiger partial charge >= 0.3 is 0 Å². The van der Waals surface area contributed by atoms with E-state index >= 15 is 0 Å². The SMILES string of the molecule is CC(C)c1cnc(NCCN2CCNCC2)nc1. The second-order valence-corrected chi connectivity index (χ2v) is 5.01. The Morgan fingerprint density at radius 3 is 2.56 bits per heavy atom. The summed E-state index contributed by atoms with van der Waals surface area (Å²) in [5, 5.41) is 6.63. The lowest BCUT2D eigenvalue weighted by molar-refractivity contribution is 0.249. The normalized spacial score (nSPS) is 17.1. The highest BCUT2D eigenvalue weighted by Gasteiger charge is 2.08. The molecule has 0 spiro atoms. The molecule has 0 bridgehead atoms. The first-order valence-electron chi connectivity index (χ1n) is 6.74. The summed E-state index contributed by atoms with van der Waals surface area (Å²) in [6.07, 6.45) is 3.82. The maximum atomic E-state index is 4.33. The third kappa shape index (κ3) is 3.92. The van der Waals surface area contributed by atoms with Crippen molar-refractivity contribution in [2.24, 2.45) is 0 Å². The predicted molar refractivity (Wildman–Crippen MR) is 73.9 cm³/mol. The van der Waals surface area contributed by atoms with Crippen LogP contribution in [-0.2, 0) is 0 Å². The molecule has 18 heavy (non-hydrogen) atoms. The zero-order valence-electron chi connectivity index (χ0n) is 11.3. The molecule has 1 aromatic rings. The Morgan fingerprint density at radius 2 is 1.94 bits per heavy atom. The number of nitrogens with one attached hydrogen (secondary N) is 2. The second-order valence-electron chi connectivity index (χ2n) is 5.01. The van der Waals surface area contributed by atoms with Gasteiger partial charge in [-0.05, 0) is 11.5 Å². The molecule has 1 aliphatic rings. The fraction of sp³-hybridized carbons (Fsp3) is 0.692. The second kappa shape index (κ2) is 6.66. The molecule has 0 unspecified atom stereocenters. The molecule has 0 radical (unpaired) electrons. The predicted octanol–water partition coefficient (Wildman–Crippen LogP) is 0.917. The molecular weight excluding hydrogens is 226 g/mol. The van der Waals surface area contributed by atoms with E-state index in [9.17, 15) is 0 Å². The van der Waals surface area contributed by atoms with E-state index < -0.39 is 0 Å². The molecule has 2 heterocycles. The average Bonchev–Trinajstić information content (AvgIpc) is 2.40. The molecular formula is C13H23N5. The lowest BCUT2D eigenvalue weighted by Gasteiger charge is -2.27. The van der Waals surface area contributed by atoms with Gasteiger partial charge in [0.1, 0.15) is 0 Å². The Hall–Kier alpha value is -1.20. The Bertz CT molecular complexity index is 343. The average molecular weight is 249 g/mol.